The number of carbonyl (C=O) groups is 2. The summed E-state index contributed by atoms with van der Waals surface area (Å²) in [4.78, 5) is 25.4. The van der Waals surface area contributed by atoms with E-state index in [1.807, 2.05) is 13.8 Å². The maximum atomic E-state index is 12.0. The lowest BCUT2D eigenvalue weighted by Crippen LogP contribution is -2.48. The van der Waals surface area contributed by atoms with Gasteiger partial charge in [-0.3, -0.25) is 4.79 Å². The lowest BCUT2D eigenvalue weighted by molar-refractivity contribution is -0.155. The van der Waals surface area contributed by atoms with Gasteiger partial charge in [0.25, 0.3) is 0 Å². The molecule has 1 aliphatic rings. The Bertz CT molecular complexity index is 319. The van der Waals surface area contributed by atoms with Crippen LogP contribution in [0.25, 0.3) is 0 Å². The molecular formula is C13H21NO3. The molecule has 1 fully saturated rings. The lowest BCUT2D eigenvalue weighted by atomic mass is 10.0. The van der Waals surface area contributed by atoms with E-state index in [-0.39, 0.29) is 11.9 Å². The van der Waals surface area contributed by atoms with Crippen LogP contribution < -0.4 is 0 Å². The van der Waals surface area contributed by atoms with E-state index in [9.17, 15) is 9.59 Å². The molecule has 0 aromatic heterocycles. The summed E-state index contributed by atoms with van der Waals surface area (Å²) in [5, 5.41) is 0. The van der Waals surface area contributed by atoms with Crippen LogP contribution in [0.4, 0.5) is 0 Å². The van der Waals surface area contributed by atoms with Crippen LogP contribution in [0.15, 0.2) is 11.6 Å². The molecule has 0 aromatic rings. The monoisotopic (exact) mass is 239 g/mol. The second-order valence-corrected chi connectivity index (χ2v) is 4.52. The van der Waals surface area contributed by atoms with E-state index >= 15 is 0 Å². The van der Waals surface area contributed by atoms with Crippen molar-refractivity contribution < 1.29 is 14.3 Å². The van der Waals surface area contributed by atoms with Gasteiger partial charge in [0.1, 0.15) is 6.04 Å². The summed E-state index contributed by atoms with van der Waals surface area (Å²) < 4.78 is 5.01. The first-order chi connectivity index (χ1) is 8.06. The zero-order valence-corrected chi connectivity index (χ0v) is 10.9. The highest BCUT2D eigenvalue weighted by molar-refractivity contribution is 5.92. The summed E-state index contributed by atoms with van der Waals surface area (Å²) in [5.74, 6) is -0.356. The minimum atomic E-state index is -0.396. The number of nitrogens with zero attached hydrogens (tertiary/aromatic N) is 1. The van der Waals surface area contributed by atoms with Crippen molar-refractivity contribution in [2.75, 3.05) is 13.2 Å². The summed E-state index contributed by atoms with van der Waals surface area (Å²) in [6.07, 6.45) is 4.22. The van der Waals surface area contributed by atoms with Gasteiger partial charge in [-0.2, -0.15) is 0 Å². The Balaban J connectivity index is 2.75. The van der Waals surface area contributed by atoms with Gasteiger partial charge in [0, 0.05) is 12.6 Å². The van der Waals surface area contributed by atoms with E-state index in [1.165, 1.54) is 0 Å². The van der Waals surface area contributed by atoms with Crippen LogP contribution >= 0.6 is 0 Å². The van der Waals surface area contributed by atoms with Crippen LogP contribution in [0.5, 0.6) is 0 Å². The van der Waals surface area contributed by atoms with Gasteiger partial charge in [-0.15, -0.1) is 0 Å². The topological polar surface area (TPSA) is 46.6 Å². The highest BCUT2D eigenvalue weighted by Crippen LogP contribution is 2.19. The van der Waals surface area contributed by atoms with Gasteiger partial charge >= 0.3 is 5.97 Å². The molecule has 0 aliphatic carbocycles. The van der Waals surface area contributed by atoms with E-state index in [1.54, 1.807) is 17.9 Å². The number of carbonyl (C=O) groups excluding carboxylic acids is 2. The predicted octanol–water partition coefficient (Wildman–Crippen LogP) is 1.90. The van der Waals surface area contributed by atoms with Gasteiger partial charge in [-0.1, -0.05) is 5.57 Å². The van der Waals surface area contributed by atoms with Crippen LogP contribution in [0.2, 0.25) is 0 Å². The number of esters is 1. The standard InChI is InChI=1S/C13H21NO3/c1-4-17-13(16)11-7-5-6-8-14(11)12(15)9-10(2)3/h9,11H,4-8H2,1-3H3. The van der Waals surface area contributed by atoms with Gasteiger partial charge in [-0.05, 0) is 40.0 Å². The quantitative estimate of drug-likeness (QED) is 0.558. The first-order valence-corrected chi connectivity index (χ1v) is 6.18. The van der Waals surface area contributed by atoms with E-state index < -0.39 is 6.04 Å². The molecular weight excluding hydrogens is 218 g/mol. The Labute approximate surface area is 103 Å². The Hall–Kier alpha value is -1.32. The van der Waals surface area contributed by atoms with Crippen molar-refractivity contribution in [2.45, 2.75) is 46.1 Å². The lowest BCUT2D eigenvalue weighted by Gasteiger charge is -2.33. The number of hydrogen-bond donors (Lipinski definition) is 0. The molecule has 0 bridgehead atoms. The molecule has 1 aliphatic heterocycles. The van der Waals surface area contributed by atoms with Crippen molar-refractivity contribution >= 4 is 11.9 Å². The van der Waals surface area contributed by atoms with E-state index in [4.69, 9.17) is 4.74 Å². The molecule has 1 saturated heterocycles. The average Bonchev–Trinajstić information content (AvgIpc) is 2.28. The number of allylic oxidation sites excluding steroid dienone is 1. The maximum Gasteiger partial charge on any atom is 0.328 e. The Morgan fingerprint density at radius 3 is 2.65 bits per heavy atom. The zero-order chi connectivity index (χ0) is 12.8. The second kappa shape index (κ2) is 6.42. The molecule has 4 heteroatoms. The maximum absolute atomic E-state index is 12.0. The number of rotatable bonds is 3. The van der Waals surface area contributed by atoms with Crippen molar-refractivity contribution in [3.8, 4) is 0 Å². The number of likely N-dealkylation sites (tertiary alicyclic amines) is 1. The molecule has 1 amide bonds. The van der Waals surface area contributed by atoms with Gasteiger partial charge in [0.05, 0.1) is 6.61 Å². The van der Waals surface area contributed by atoms with Crippen molar-refractivity contribution in [3.63, 3.8) is 0 Å². The summed E-state index contributed by atoms with van der Waals surface area (Å²) in [7, 11) is 0. The molecule has 17 heavy (non-hydrogen) atoms. The van der Waals surface area contributed by atoms with Crippen LogP contribution in [-0.2, 0) is 14.3 Å². The third-order valence-corrected chi connectivity index (χ3v) is 2.76. The molecule has 1 unspecified atom stereocenters. The van der Waals surface area contributed by atoms with E-state index in [0.29, 0.717) is 19.6 Å². The van der Waals surface area contributed by atoms with E-state index in [0.717, 1.165) is 18.4 Å². The number of piperidine rings is 1. The van der Waals surface area contributed by atoms with Gasteiger partial charge in [0.2, 0.25) is 5.91 Å². The minimum Gasteiger partial charge on any atom is -0.464 e. The molecule has 0 aromatic carbocycles. The summed E-state index contributed by atoms with van der Waals surface area (Å²) in [6, 6.07) is -0.396. The highest BCUT2D eigenvalue weighted by atomic mass is 16.5. The van der Waals surface area contributed by atoms with Gasteiger partial charge < -0.3 is 9.64 Å². The smallest absolute Gasteiger partial charge is 0.328 e. The fourth-order valence-corrected chi connectivity index (χ4v) is 2.01. The summed E-state index contributed by atoms with van der Waals surface area (Å²) >= 11 is 0. The molecule has 0 spiro atoms. The molecule has 0 N–H and O–H groups in total. The number of hydrogen-bond acceptors (Lipinski definition) is 3. The van der Waals surface area contributed by atoms with E-state index in [2.05, 4.69) is 0 Å². The van der Waals surface area contributed by atoms with Gasteiger partial charge in [-0.25, -0.2) is 4.79 Å². The number of ether oxygens (including phenoxy) is 1. The fourth-order valence-electron chi connectivity index (χ4n) is 2.01. The molecule has 0 radical (unpaired) electrons. The molecule has 1 atom stereocenters. The molecule has 96 valence electrons. The molecule has 4 nitrogen and oxygen atoms in total. The molecule has 0 saturated carbocycles. The average molecular weight is 239 g/mol. The van der Waals surface area contributed by atoms with Crippen LogP contribution in [0.1, 0.15) is 40.0 Å². The largest absolute Gasteiger partial charge is 0.464 e. The van der Waals surface area contributed by atoms with Crippen LogP contribution in [-0.4, -0.2) is 36.0 Å². The normalized spacial score (nSPS) is 19.7. The first-order valence-electron chi connectivity index (χ1n) is 6.18. The van der Waals surface area contributed by atoms with Crippen LogP contribution in [0.3, 0.4) is 0 Å². The predicted molar refractivity (Wildman–Crippen MR) is 65.4 cm³/mol. The van der Waals surface area contributed by atoms with Crippen molar-refractivity contribution in [1.29, 1.82) is 0 Å². The second-order valence-electron chi connectivity index (χ2n) is 4.52. The molecule has 1 rings (SSSR count). The van der Waals surface area contributed by atoms with Crippen LogP contribution in [0, 0.1) is 0 Å². The summed E-state index contributed by atoms with van der Waals surface area (Å²) in [6.45, 7) is 6.54. The van der Waals surface area contributed by atoms with Crippen molar-refractivity contribution in [2.24, 2.45) is 0 Å². The Morgan fingerprint density at radius 1 is 1.35 bits per heavy atom. The SMILES string of the molecule is CCOC(=O)C1CCCCN1C(=O)C=C(C)C. The number of amides is 1. The Kier molecular flexibility index (Phi) is 5.19. The summed E-state index contributed by atoms with van der Waals surface area (Å²) in [5.41, 5.74) is 0.947. The molecule has 1 heterocycles. The Morgan fingerprint density at radius 2 is 2.06 bits per heavy atom. The third kappa shape index (κ3) is 3.88. The highest BCUT2D eigenvalue weighted by Gasteiger charge is 2.32. The minimum absolute atomic E-state index is 0.0808. The van der Waals surface area contributed by atoms with Crippen molar-refractivity contribution in [3.05, 3.63) is 11.6 Å². The first kappa shape index (κ1) is 13.7. The fraction of sp³-hybridized carbons (Fsp3) is 0.692. The third-order valence-electron chi connectivity index (χ3n) is 2.76. The zero-order valence-electron chi connectivity index (χ0n) is 10.9. The van der Waals surface area contributed by atoms with Crippen molar-refractivity contribution in [1.82, 2.24) is 4.90 Å². The van der Waals surface area contributed by atoms with Gasteiger partial charge in [0.15, 0.2) is 0 Å².